The van der Waals surface area contributed by atoms with Gasteiger partial charge in [-0.2, -0.15) is 0 Å². The molecule has 1 aromatic carbocycles. The topological polar surface area (TPSA) is 61.9 Å². The van der Waals surface area contributed by atoms with E-state index >= 15 is 0 Å². The average molecular weight is 358 g/mol. The van der Waals surface area contributed by atoms with E-state index in [2.05, 4.69) is 70.3 Å². The molecule has 5 nitrogen and oxygen atoms in total. The molecule has 24 heavy (non-hydrogen) atoms. The molecular weight excluding hydrogens is 338 g/mol. The number of nitrogens with zero attached hydrogens (tertiary/aromatic N) is 2. The lowest BCUT2D eigenvalue weighted by molar-refractivity contribution is 0.825. The molecule has 0 saturated carbocycles. The van der Waals surface area contributed by atoms with E-state index < -0.39 is 0 Å². The molecule has 0 spiro atoms. The van der Waals surface area contributed by atoms with E-state index in [9.17, 15) is 0 Å². The van der Waals surface area contributed by atoms with E-state index in [4.69, 9.17) is 12.2 Å². The van der Waals surface area contributed by atoms with Gasteiger partial charge in [-0.05, 0) is 37.2 Å². The highest BCUT2D eigenvalue weighted by Crippen LogP contribution is 2.35. The molecule has 2 heterocycles. The second kappa shape index (κ2) is 7.55. The monoisotopic (exact) mass is 357 g/mol. The Morgan fingerprint density at radius 1 is 1.25 bits per heavy atom. The predicted molar refractivity (Wildman–Crippen MR) is 105 cm³/mol. The van der Waals surface area contributed by atoms with Crippen LogP contribution in [-0.4, -0.2) is 21.6 Å². The summed E-state index contributed by atoms with van der Waals surface area (Å²) in [5, 5.41) is 3.66. The maximum absolute atomic E-state index is 5.21. The van der Waals surface area contributed by atoms with E-state index in [1.807, 2.05) is 0 Å². The molecule has 3 rings (SSSR count). The summed E-state index contributed by atoms with van der Waals surface area (Å²) in [6.07, 6.45) is 2.58. The van der Waals surface area contributed by atoms with Gasteiger partial charge in [-0.15, -0.1) is 11.3 Å². The molecule has 3 aromatic rings. The van der Waals surface area contributed by atoms with Gasteiger partial charge in [0.2, 0.25) is 0 Å². The summed E-state index contributed by atoms with van der Waals surface area (Å²) in [5.41, 5.74) is 9.40. The van der Waals surface area contributed by atoms with Gasteiger partial charge in [0, 0.05) is 11.4 Å². The number of aromatic nitrogens is 2. The van der Waals surface area contributed by atoms with Crippen molar-refractivity contribution in [3.63, 3.8) is 0 Å². The summed E-state index contributed by atoms with van der Waals surface area (Å²) in [4.78, 5) is 9.86. The van der Waals surface area contributed by atoms with Crippen LogP contribution in [0.1, 0.15) is 18.9 Å². The summed E-state index contributed by atoms with van der Waals surface area (Å²) in [7, 11) is 0. The van der Waals surface area contributed by atoms with Crippen molar-refractivity contribution in [2.45, 2.75) is 20.3 Å². The third-order valence-electron chi connectivity index (χ3n) is 3.44. The van der Waals surface area contributed by atoms with Crippen molar-refractivity contribution in [3.05, 3.63) is 42.2 Å². The fraction of sp³-hybridized carbons (Fsp3) is 0.235. The van der Waals surface area contributed by atoms with E-state index in [0.717, 1.165) is 29.0 Å². The van der Waals surface area contributed by atoms with Crippen LogP contribution in [-0.2, 0) is 0 Å². The van der Waals surface area contributed by atoms with Gasteiger partial charge >= 0.3 is 0 Å². The zero-order valence-corrected chi connectivity index (χ0v) is 15.2. The zero-order chi connectivity index (χ0) is 16.9. The van der Waals surface area contributed by atoms with Crippen molar-refractivity contribution in [1.29, 1.82) is 0 Å². The molecule has 0 radical (unpaired) electrons. The molecule has 0 bridgehead atoms. The minimum Gasteiger partial charge on any atom is -0.361 e. The van der Waals surface area contributed by atoms with Gasteiger partial charge in [-0.25, -0.2) is 9.97 Å². The highest BCUT2D eigenvalue weighted by Gasteiger charge is 2.10. The molecule has 0 saturated heterocycles. The summed E-state index contributed by atoms with van der Waals surface area (Å²) in [6.45, 7) is 5.02. The number of aryl methyl sites for hydroxylation is 1. The number of thiophene rings is 1. The first-order valence-electron chi connectivity index (χ1n) is 7.79. The van der Waals surface area contributed by atoms with E-state index in [-0.39, 0.29) is 0 Å². The smallest absolute Gasteiger partial charge is 0.185 e. The van der Waals surface area contributed by atoms with Crippen LogP contribution in [0.15, 0.2) is 36.7 Å². The molecule has 124 valence electrons. The van der Waals surface area contributed by atoms with Crippen LogP contribution in [0.2, 0.25) is 0 Å². The molecule has 7 heteroatoms. The number of thiocarbonyl (C=S) groups is 1. The van der Waals surface area contributed by atoms with Gasteiger partial charge in [-0.1, -0.05) is 36.8 Å². The Morgan fingerprint density at radius 2 is 2.12 bits per heavy atom. The van der Waals surface area contributed by atoms with Crippen molar-refractivity contribution in [1.82, 2.24) is 20.7 Å². The number of hydrazine groups is 1. The average Bonchev–Trinajstić information content (AvgIpc) is 3.03. The number of benzene rings is 1. The summed E-state index contributed by atoms with van der Waals surface area (Å²) < 4.78 is 1.000. The number of hydrogen-bond acceptors (Lipinski definition) is 5. The first-order valence-corrected chi connectivity index (χ1v) is 9.01. The van der Waals surface area contributed by atoms with Crippen LogP contribution < -0.4 is 16.2 Å². The van der Waals surface area contributed by atoms with Gasteiger partial charge in [-0.3, -0.25) is 10.9 Å². The maximum Gasteiger partial charge on any atom is 0.185 e. The second-order valence-electron chi connectivity index (χ2n) is 5.42. The molecule has 0 unspecified atom stereocenters. The van der Waals surface area contributed by atoms with Crippen LogP contribution in [0.25, 0.3) is 20.7 Å². The number of nitrogens with one attached hydrogen (secondary N) is 3. The van der Waals surface area contributed by atoms with E-state index in [1.165, 1.54) is 16.0 Å². The third kappa shape index (κ3) is 3.80. The molecule has 0 aliphatic carbocycles. The molecule has 0 aliphatic heterocycles. The van der Waals surface area contributed by atoms with Crippen molar-refractivity contribution < 1.29 is 0 Å². The fourth-order valence-electron chi connectivity index (χ4n) is 2.28. The first-order chi connectivity index (χ1) is 11.7. The summed E-state index contributed by atoms with van der Waals surface area (Å²) in [5.74, 6) is 0.726. The molecule has 0 aliphatic rings. The molecule has 0 fully saturated rings. The Balaban J connectivity index is 1.84. The van der Waals surface area contributed by atoms with Crippen molar-refractivity contribution in [2.24, 2.45) is 0 Å². The van der Waals surface area contributed by atoms with Crippen molar-refractivity contribution >= 4 is 44.7 Å². The van der Waals surface area contributed by atoms with Gasteiger partial charge in [0.1, 0.15) is 6.33 Å². The highest BCUT2D eigenvalue weighted by atomic mass is 32.1. The lowest BCUT2D eigenvalue weighted by Crippen LogP contribution is -2.39. The van der Waals surface area contributed by atoms with Gasteiger partial charge in [0.25, 0.3) is 0 Å². The second-order valence-corrected chi connectivity index (χ2v) is 6.88. The standard InChI is InChI=1S/C17H19N5S2/c1-3-7-18-17(23)22-21-16-15-13(19-10-20-16)9-14(24-15)12-6-4-5-11(2)8-12/h4-6,8-10H,3,7H2,1-2H3,(H2,18,22,23)(H,19,20,21). The van der Waals surface area contributed by atoms with Crippen LogP contribution in [0.3, 0.4) is 0 Å². The largest absolute Gasteiger partial charge is 0.361 e. The van der Waals surface area contributed by atoms with E-state index in [0.29, 0.717) is 5.11 Å². The lowest BCUT2D eigenvalue weighted by atomic mass is 10.1. The third-order valence-corrected chi connectivity index (χ3v) is 4.87. The lowest BCUT2D eigenvalue weighted by Gasteiger charge is -2.11. The highest BCUT2D eigenvalue weighted by molar-refractivity contribution is 7.80. The van der Waals surface area contributed by atoms with E-state index in [1.54, 1.807) is 17.7 Å². The molecular formula is C17H19N5S2. The Hall–Kier alpha value is -2.25. The quantitative estimate of drug-likeness (QED) is 0.476. The maximum atomic E-state index is 5.21. The SMILES string of the molecule is CCCNC(=S)NNc1ncnc2cc(-c3cccc(C)c3)sc12. The van der Waals surface area contributed by atoms with Gasteiger partial charge in [0.05, 0.1) is 10.2 Å². The molecule has 3 N–H and O–H groups in total. The Labute approximate surface area is 150 Å². The van der Waals surface area contributed by atoms with Gasteiger partial charge in [0.15, 0.2) is 10.9 Å². The van der Waals surface area contributed by atoms with Crippen LogP contribution >= 0.6 is 23.6 Å². The van der Waals surface area contributed by atoms with Crippen LogP contribution in [0.5, 0.6) is 0 Å². The number of fused-ring (bicyclic) bond motifs is 1. The Kier molecular flexibility index (Phi) is 5.22. The predicted octanol–water partition coefficient (Wildman–Crippen LogP) is 3.87. The molecule has 2 aromatic heterocycles. The van der Waals surface area contributed by atoms with Crippen molar-refractivity contribution in [2.75, 3.05) is 12.0 Å². The molecule has 0 atom stereocenters. The van der Waals surface area contributed by atoms with Gasteiger partial charge < -0.3 is 5.32 Å². The minimum atomic E-state index is 0.555. The Morgan fingerprint density at radius 3 is 2.92 bits per heavy atom. The normalized spacial score (nSPS) is 10.6. The summed E-state index contributed by atoms with van der Waals surface area (Å²) in [6, 6.07) is 10.5. The fourth-order valence-corrected chi connectivity index (χ4v) is 3.49. The number of hydrogen-bond donors (Lipinski definition) is 3. The zero-order valence-electron chi connectivity index (χ0n) is 13.6. The first kappa shape index (κ1) is 16.6. The summed E-state index contributed by atoms with van der Waals surface area (Å²) >= 11 is 6.88. The van der Waals surface area contributed by atoms with Crippen LogP contribution in [0.4, 0.5) is 5.82 Å². The number of anilines is 1. The van der Waals surface area contributed by atoms with Crippen LogP contribution in [0, 0.1) is 6.92 Å². The molecule has 0 amide bonds. The minimum absolute atomic E-state index is 0.555. The Bertz CT molecular complexity index is 859. The number of rotatable bonds is 5. The van der Waals surface area contributed by atoms with Crippen molar-refractivity contribution in [3.8, 4) is 10.4 Å².